The molecule has 4 heteroatoms. The van der Waals surface area contributed by atoms with Crippen molar-refractivity contribution >= 4 is 27.7 Å². The topological polar surface area (TPSA) is 43.4 Å². The Morgan fingerprint density at radius 1 is 1.23 bits per heavy atom. The number of alkyl halides is 1. The van der Waals surface area contributed by atoms with Gasteiger partial charge < -0.3 is 4.74 Å². The molecule has 0 unspecified atom stereocenters. The van der Waals surface area contributed by atoms with Gasteiger partial charge in [-0.15, -0.1) is 0 Å². The van der Waals surface area contributed by atoms with Crippen LogP contribution in [-0.4, -0.2) is 24.2 Å². The highest BCUT2D eigenvalue weighted by molar-refractivity contribution is 9.09. The summed E-state index contributed by atoms with van der Waals surface area (Å²) in [6.45, 7) is 0. The molecule has 0 amide bonds. The Labute approximate surface area is 87.0 Å². The van der Waals surface area contributed by atoms with Crippen LogP contribution in [0, 0.1) is 0 Å². The fraction of sp³-hybridized carbons (Fsp3) is 0.778. The van der Waals surface area contributed by atoms with Gasteiger partial charge in [0.2, 0.25) is 0 Å². The van der Waals surface area contributed by atoms with Gasteiger partial charge in [0, 0.05) is 11.8 Å². The SMILES string of the molecule is COC(=O)CC(=O)CCCCCBr. The molecule has 0 radical (unpaired) electrons. The molecule has 0 aromatic carbocycles. The molecule has 0 bridgehead atoms. The van der Waals surface area contributed by atoms with Crippen LogP contribution in [-0.2, 0) is 14.3 Å². The Morgan fingerprint density at radius 2 is 1.92 bits per heavy atom. The summed E-state index contributed by atoms with van der Waals surface area (Å²) in [4.78, 5) is 21.7. The van der Waals surface area contributed by atoms with Gasteiger partial charge in [-0.1, -0.05) is 22.4 Å². The Bertz CT molecular complexity index is 168. The molecule has 76 valence electrons. The van der Waals surface area contributed by atoms with Crippen LogP contribution in [0.1, 0.15) is 32.1 Å². The number of carbonyl (C=O) groups excluding carboxylic acids is 2. The summed E-state index contributed by atoms with van der Waals surface area (Å²) in [5.41, 5.74) is 0. The maximum absolute atomic E-state index is 11.1. The second-order valence-electron chi connectivity index (χ2n) is 2.79. The lowest BCUT2D eigenvalue weighted by molar-refractivity contribution is -0.143. The molecule has 0 saturated carbocycles. The van der Waals surface area contributed by atoms with E-state index in [0.29, 0.717) is 6.42 Å². The molecule has 13 heavy (non-hydrogen) atoms. The molecule has 0 heterocycles. The van der Waals surface area contributed by atoms with Gasteiger partial charge >= 0.3 is 5.97 Å². The third-order valence-corrected chi connectivity index (χ3v) is 2.22. The molecule has 0 atom stereocenters. The van der Waals surface area contributed by atoms with Crippen LogP contribution in [0.3, 0.4) is 0 Å². The summed E-state index contributed by atoms with van der Waals surface area (Å²) in [5.74, 6) is -0.466. The number of Topliss-reactive ketones (excluding diaryl/α,β-unsaturated/α-hetero) is 1. The zero-order valence-corrected chi connectivity index (χ0v) is 9.43. The summed E-state index contributed by atoms with van der Waals surface area (Å²) in [7, 11) is 1.29. The maximum atomic E-state index is 11.1. The molecule has 0 saturated heterocycles. The van der Waals surface area contributed by atoms with E-state index in [4.69, 9.17) is 0 Å². The molecule has 0 aromatic rings. The van der Waals surface area contributed by atoms with Crippen LogP contribution in [0.25, 0.3) is 0 Å². The Kier molecular flexibility index (Phi) is 7.99. The largest absolute Gasteiger partial charge is 0.469 e. The van der Waals surface area contributed by atoms with Crippen molar-refractivity contribution in [2.24, 2.45) is 0 Å². The predicted molar refractivity (Wildman–Crippen MR) is 53.9 cm³/mol. The van der Waals surface area contributed by atoms with Crippen LogP contribution in [0.4, 0.5) is 0 Å². The van der Waals surface area contributed by atoms with Gasteiger partial charge in [0.25, 0.3) is 0 Å². The number of unbranched alkanes of at least 4 members (excludes halogenated alkanes) is 2. The molecule has 3 nitrogen and oxygen atoms in total. The molecule has 0 aliphatic carbocycles. The van der Waals surface area contributed by atoms with Crippen molar-refractivity contribution in [1.29, 1.82) is 0 Å². The minimum absolute atomic E-state index is 0.0265. The highest BCUT2D eigenvalue weighted by atomic mass is 79.9. The number of methoxy groups -OCH3 is 1. The van der Waals surface area contributed by atoms with Gasteiger partial charge in [0.1, 0.15) is 12.2 Å². The van der Waals surface area contributed by atoms with Gasteiger partial charge in [-0.25, -0.2) is 0 Å². The van der Waals surface area contributed by atoms with Crippen LogP contribution >= 0.6 is 15.9 Å². The zero-order valence-electron chi connectivity index (χ0n) is 7.85. The van der Waals surface area contributed by atoms with E-state index in [2.05, 4.69) is 20.7 Å². The van der Waals surface area contributed by atoms with Crippen molar-refractivity contribution in [3.8, 4) is 0 Å². The van der Waals surface area contributed by atoms with Crippen molar-refractivity contribution in [3.63, 3.8) is 0 Å². The van der Waals surface area contributed by atoms with Crippen molar-refractivity contribution in [2.75, 3.05) is 12.4 Å². The highest BCUT2D eigenvalue weighted by Crippen LogP contribution is 2.04. The number of carbonyl (C=O) groups is 2. The van der Waals surface area contributed by atoms with Gasteiger partial charge in [0.05, 0.1) is 7.11 Å². The summed E-state index contributed by atoms with van der Waals surface area (Å²) in [6, 6.07) is 0. The van der Waals surface area contributed by atoms with E-state index in [1.165, 1.54) is 7.11 Å². The van der Waals surface area contributed by atoms with Crippen LogP contribution in [0.5, 0.6) is 0 Å². The van der Waals surface area contributed by atoms with E-state index in [1.807, 2.05) is 0 Å². The van der Waals surface area contributed by atoms with Crippen molar-refractivity contribution in [3.05, 3.63) is 0 Å². The highest BCUT2D eigenvalue weighted by Gasteiger charge is 2.08. The monoisotopic (exact) mass is 250 g/mol. The first kappa shape index (κ1) is 12.6. The normalized spacial score (nSPS) is 9.69. The first-order chi connectivity index (χ1) is 6.20. The number of halogens is 1. The first-order valence-corrected chi connectivity index (χ1v) is 5.47. The molecule has 0 spiro atoms. The lowest BCUT2D eigenvalue weighted by Crippen LogP contribution is -2.08. The summed E-state index contributed by atoms with van der Waals surface area (Å²) in [6.07, 6.45) is 3.37. The summed E-state index contributed by atoms with van der Waals surface area (Å²) < 4.78 is 4.38. The molecule has 0 fully saturated rings. The first-order valence-electron chi connectivity index (χ1n) is 4.35. The number of rotatable bonds is 7. The van der Waals surface area contributed by atoms with Gasteiger partial charge in [0.15, 0.2) is 0 Å². The Hall–Kier alpha value is -0.380. The summed E-state index contributed by atoms with van der Waals surface area (Å²) >= 11 is 3.31. The number of ether oxygens (including phenoxy) is 1. The second-order valence-corrected chi connectivity index (χ2v) is 3.58. The predicted octanol–water partition coefficient (Wildman–Crippen LogP) is 2.07. The zero-order chi connectivity index (χ0) is 10.1. The van der Waals surface area contributed by atoms with Crippen molar-refractivity contribution < 1.29 is 14.3 Å². The minimum atomic E-state index is -0.439. The number of hydrogen-bond donors (Lipinski definition) is 0. The van der Waals surface area contributed by atoms with E-state index in [1.54, 1.807) is 0 Å². The standard InChI is InChI=1S/C9H15BrO3/c1-13-9(12)7-8(11)5-3-2-4-6-10/h2-7H2,1H3. The van der Waals surface area contributed by atoms with E-state index >= 15 is 0 Å². The van der Waals surface area contributed by atoms with Crippen LogP contribution < -0.4 is 0 Å². The average molecular weight is 251 g/mol. The van der Waals surface area contributed by atoms with E-state index < -0.39 is 5.97 Å². The van der Waals surface area contributed by atoms with Crippen molar-refractivity contribution in [2.45, 2.75) is 32.1 Å². The number of esters is 1. The second kappa shape index (κ2) is 8.23. The fourth-order valence-electron chi connectivity index (χ4n) is 0.915. The molecule has 0 N–H and O–H groups in total. The fourth-order valence-corrected chi connectivity index (χ4v) is 1.31. The van der Waals surface area contributed by atoms with Gasteiger partial charge in [-0.05, 0) is 12.8 Å². The number of hydrogen-bond acceptors (Lipinski definition) is 3. The van der Waals surface area contributed by atoms with Gasteiger partial charge in [-0.2, -0.15) is 0 Å². The maximum Gasteiger partial charge on any atom is 0.313 e. The van der Waals surface area contributed by atoms with Crippen LogP contribution in [0.2, 0.25) is 0 Å². The quantitative estimate of drug-likeness (QED) is 0.301. The van der Waals surface area contributed by atoms with Crippen LogP contribution in [0.15, 0.2) is 0 Å². The minimum Gasteiger partial charge on any atom is -0.469 e. The molecular weight excluding hydrogens is 236 g/mol. The average Bonchev–Trinajstić information content (AvgIpc) is 2.12. The van der Waals surface area contributed by atoms with Crippen molar-refractivity contribution in [1.82, 2.24) is 0 Å². The molecule has 0 aromatic heterocycles. The lowest BCUT2D eigenvalue weighted by Gasteiger charge is -1.99. The van der Waals surface area contributed by atoms with E-state index in [0.717, 1.165) is 24.6 Å². The molecule has 0 rings (SSSR count). The molecule has 0 aliphatic heterocycles. The van der Waals surface area contributed by atoms with Gasteiger partial charge in [-0.3, -0.25) is 9.59 Å². The molecular formula is C9H15BrO3. The third-order valence-electron chi connectivity index (χ3n) is 1.66. The summed E-state index contributed by atoms with van der Waals surface area (Å²) in [5, 5.41) is 0.970. The Morgan fingerprint density at radius 3 is 2.46 bits per heavy atom. The van der Waals surface area contributed by atoms with E-state index in [-0.39, 0.29) is 12.2 Å². The van der Waals surface area contributed by atoms with E-state index in [9.17, 15) is 9.59 Å². The molecule has 0 aliphatic rings. The smallest absolute Gasteiger partial charge is 0.313 e. The number of ketones is 1. The lowest BCUT2D eigenvalue weighted by atomic mass is 10.1. The third kappa shape index (κ3) is 7.96. The Balaban J connectivity index is 3.35.